The summed E-state index contributed by atoms with van der Waals surface area (Å²) in [6.07, 6.45) is 0.887. The highest BCUT2D eigenvalue weighted by Gasteiger charge is 2.44. The number of hydrogen-bond acceptors (Lipinski definition) is 8. The Morgan fingerprint density at radius 3 is 1.52 bits per heavy atom. The standard InChI is InChI=1S/C31H39N2O6PS.BrH/c32-29(25-41)31(35)33-24-30(34)39-21-20-37-17-16-36-18-19-38-22-23-40(26-10-4-1-5-11-26,27-12-6-2-7-13-27)28-14-8-3-9-15-28;/h1-15,29H,16-25,32H2,(H-,33,35,41);1H/t29-;/m0./s1. The maximum absolute atomic E-state index is 11.6. The second-order valence-electron chi connectivity index (χ2n) is 9.10. The molecule has 3 rings (SSSR count). The number of rotatable bonds is 19. The van der Waals surface area contributed by atoms with Crippen LogP contribution in [0.15, 0.2) is 91.0 Å². The van der Waals surface area contributed by atoms with Crippen molar-refractivity contribution in [3.63, 3.8) is 0 Å². The lowest BCUT2D eigenvalue weighted by Crippen LogP contribution is -3.00. The summed E-state index contributed by atoms with van der Waals surface area (Å²) in [7, 11) is -1.90. The Hall–Kier alpha value is -2.30. The predicted molar refractivity (Wildman–Crippen MR) is 168 cm³/mol. The molecule has 11 heteroatoms. The quantitative estimate of drug-likeness (QED) is 0.0643. The fourth-order valence-electron chi connectivity index (χ4n) is 4.26. The monoisotopic (exact) mass is 678 g/mol. The molecule has 228 valence electrons. The lowest BCUT2D eigenvalue weighted by atomic mass is 10.3. The van der Waals surface area contributed by atoms with Gasteiger partial charge in [0, 0.05) is 5.75 Å². The molecule has 3 N–H and O–H groups in total. The van der Waals surface area contributed by atoms with E-state index in [1.165, 1.54) is 15.9 Å². The molecule has 0 aromatic heterocycles. The molecule has 0 saturated heterocycles. The van der Waals surface area contributed by atoms with Gasteiger partial charge >= 0.3 is 5.97 Å². The number of carbonyl (C=O) groups excluding carboxylic acids is 2. The van der Waals surface area contributed by atoms with E-state index in [1.54, 1.807) is 0 Å². The van der Waals surface area contributed by atoms with Gasteiger partial charge in [0.05, 0.1) is 51.8 Å². The zero-order chi connectivity index (χ0) is 29.2. The average Bonchev–Trinajstić information content (AvgIpc) is 3.03. The van der Waals surface area contributed by atoms with Crippen molar-refractivity contribution in [3.05, 3.63) is 91.0 Å². The highest BCUT2D eigenvalue weighted by Crippen LogP contribution is 2.54. The van der Waals surface area contributed by atoms with Gasteiger partial charge in [0.15, 0.2) is 0 Å². The molecule has 3 aromatic carbocycles. The maximum Gasteiger partial charge on any atom is 0.325 e. The second-order valence-corrected chi connectivity index (χ2v) is 13.1. The number of amides is 1. The molecule has 0 fully saturated rings. The number of thiol groups is 1. The summed E-state index contributed by atoms with van der Waals surface area (Å²) in [5.74, 6) is -0.805. The third kappa shape index (κ3) is 11.4. The first-order chi connectivity index (χ1) is 20.1. The number of esters is 1. The minimum Gasteiger partial charge on any atom is -1.00 e. The molecule has 0 saturated carbocycles. The normalized spacial score (nSPS) is 11.8. The Bertz CT molecular complexity index is 1070. The number of nitrogens with one attached hydrogen (secondary N) is 1. The number of ether oxygens (including phenoxy) is 4. The lowest BCUT2D eigenvalue weighted by Gasteiger charge is -2.27. The minimum absolute atomic E-state index is 0. The third-order valence-corrected chi connectivity index (χ3v) is 11.1. The molecule has 0 spiro atoms. The van der Waals surface area contributed by atoms with Gasteiger partial charge in [0.2, 0.25) is 5.91 Å². The summed E-state index contributed by atoms with van der Waals surface area (Å²) in [5.41, 5.74) is 5.52. The molecule has 3 aromatic rings. The van der Waals surface area contributed by atoms with Crippen LogP contribution in [0.5, 0.6) is 0 Å². The van der Waals surface area contributed by atoms with E-state index in [4.69, 9.17) is 24.7 Å². The molecule has 0 unspecified atom stereocenters. The first kappa shape index (κ1) is 35.9. The van der Waals surface area contributed by atoms with Crippen LogP contribution in [-0.2, 0) is 28.5 Å². The van der Waals surface area contributed by atoms with Crippen LogP contribution in [0.4, 0.5) is 0 Å². The van der Waals surface area contributed by atoms with Crippen LogP contribution in [0, 0.1) is 0 Å². The van der Waals surface area contributed by atoms with E-state index in [0.29, 0.717) is 33.0 Å². The van der Waals surface area contributed by atoms with Gasteiger partial charge < -0.3 is 47.0 Å². The summed E-state index contributed by atoms with van der Waals surface area (Å²) in [6, 6.07) is 31.5. The Morgan fingerprint density at radius 1 is 0.690 bits per heavy atom. The van der Waals surface area contributed by atoms with Crippen molar-refractivity contribution >= 4 is 47.7 Å². The van der Waals surface area contributed by atoms with Crippen molar-refractivity contribution in [2.75, 3.05) is 64.7 Å². The van der Waals surface area contributed by atoms with E-state index in [-0.39, 0.29) is 42.5 Å². The highest BCUT2D eigenvalue weighted by molar-refractivity contribution is 7.95. The molecule has 1 amide bonds. The van der Waals surface area contributed by atoms with Crippen molar-refractivity contribution in [3.8, 4) is 0 Å². The van der Waals surface area contributed by atoms with E-state index < -0.39 is 25.2 Å². The Kier molecular flexibility index (Phi) is 17.6. The summed E-state index contributed by atoms with van der Waals surface area (Å²) in [5, 5.41) is 6.40. The van der Waals surface area contributed by atoms with Crippen LogP contribution >= 0.6 is 19.9 Å². The van der Waals surface area contributed by atoms with Gasteiger partial charge in [-0.15, -0.1) is 0 Å². The average molecular weight is 680 g/mol. The van der Waals surface area contributed by atoms with E-state index >= 15 is 0 Å². The van der Waals surface area contributed by atoms with Gasteiger partial charge in [-0.3, -0.25) is 9.59 Å². The lowest BCUT2D eigenvalue weighted by molar-refractivity contribution is -0.145. The van der Waals surface area contributed by atoms with Crippen molar-refractivity contribution < 1.29 is 45.5 Å². The predicted octanol–water partition coefficient (Wildman–Crippen LogP) is -1.05. The first-order valence-electron chi connectivity index (χ1n) is 13.7. The Morgan fingerprint density at radius 2 is 1.10 bits per heavy atom. The smallest absolute Gasteiger partial charge is 0.325 e. The molecule has 0 bridgehead atoms. The molecule has 0 aliphatic carbocycles. The third-order valence-electron chi connectivity index (χ3n) is 6.34. The van der Waals surface area contributed by atoms with Crippen LogP contribution in [0.1, 0.15) is 0 Å². The molecule has 0 aliphatic heterocycles. The molecule has 42 heavy (non-hydrogen) atoms. The topological polar surface area (TPSA) is 109 Å². The molecule has 0 heterocycles. The number of hydrogen-bond donors (Lipinski definition) is 3. The van der Waals surface area contributed by atoms with E-state index in [1.807, 2.05) is 0 Å². The molecule has 0 aliphatic rings. The maximum atomic E-state index is 11.6. The molecule has 8 nitrogen and oxygen atoms in total. The molecule has 0 radical (unpaired) electrons. The van der Waals surface area contributed by atoms with Crippen LogP contribution in [0.2, 0.25) is 0 Å². The highest BCUT2D eigenvalue weighted by atomic mass is 79.9. The fourth-order valence-corrected chi connectivity index (χ4v) is 8.55. The van der Waals surface area contributed by atoms with Gasteiger partial charge in [0.1, 0.15) is 36.3 Å². The van der Waals surface area contributed by atoms with Gasteiger partial charge in [-0.1, -0.05) is 54.6 Å². The van der Waals surface area contributed by atoms with E-state index in [2.05, 4.69) is 109 Å². The largest absolute Gasteiger partial charge is 1.00 e. The van der Waals surface area contributed by atoms with Gasteiger partial charge in [-0.25, -0.2) is 0 Å². The SMILES string of the molecule is N[C@@H](CS)C(=O)NCC(=O)OCCOCCOCCOCC[P+](c1ccccc1)(c1ccccc1)c1ccccc1.[Br-]. The van der Waals surface area contributed by atoms with Crippen LogP contribution < -0.4 is 43.9 Å². The number of carbonyl (C=O) groups is 2. The fraction of sp³-hybridized carbons (Fsp3) is 0.355. The minimum atomic E-state index is -1.90. The summed E-state index contributed by atoms with van der Waals surface area (Å²) < 4.78 is 22.1. The molecule has 1 atom stereocenters. The first-order valence-corrected chi connectivity index (χ1v) is 16.3. The zero-order valence-electron chi connectivity index (χ0n) is 23.6. The van der Waals surface area contributed by atoms with Crippen molar-refractivity contribution in [2.45, 2.75) is 6.04 Å². The number of nitrogens with two attached hydrogens (primary N) is 1. The van der Waals surface area contributed by atoms with E-state index in [0.717, 1.165) is 6.16 Å². The van der Waals surface area contributed by atoms with Gasteiger partial charge in [-0.05, 0) is 36.4 Å². The summed E-state index contributed by atoms with van der Waals surface area (Å²) in [4.78, 5) is 23.2. The van der Waals surface area contributed by atoms with Crippen molar-refractivity contribution in [2.24, 2.45) is 5.73 Å². The Balaban J connectivity index is 0.00000616. The van der Waals surface area contributed by atoms with Gasteiger partial charge in [-0.2, -0.15) is 12.6 Å². The van der Waals surface area contributed by atoms with Gasteiger partial charge in [0.25, 0.3) is 0 Å². The van der Waals surface area contributed by atoms with Crippen molar-refractivity contribution in [1.82, 2.24) is 5.32 Å². The number of benzene rings is 3. The Labute approximate surface area is 265 Å². The number of halogens is 1. The van der Waals surface area contributed by atoms with Crippen LogP contribution in [0.3, 0.4) is 0 Å². The second kappa shape index (κ2) is 20.6. The van der Waals surface area contributed by atoms with Crippen LogP contribution in [-0.4, -0.2) is 82.6 Å². The summed E-state index contributed by atoms with van der Waals surface area (Å²) in [6.45, 7) is 2.41. The summed E-state index contributed by atoms with van der Waals surface area (Å²) >= 11 is 3.94. The molecular weight excluding hydrogens is 639 g/mol. The van der Waals surface area contributed by atoms with Crippen LogP contribution in [0.25, 0.3) is 0 Å². The van der Waals surface area contributed by atoms with Crippen molar-refractivity contribution in [1.29, 1.82) is 0 Å². The van der Waals surface area contributed by atoms with E-state index in [9.17, 15) is 9.59 Å². The molecular formula is C31H40BrN2O6PS. The zero-order valence-corrected chi connectivity index (χ0v) is 27.0.